The quantitative estimate of drug-likeness (QED) is 0.397. The lowest BCUT2D eigenvalue weighted by molar-refractivity contribution is -0.137. The smallest absolute Gasteiger partial charge is 0.342 e. The molecule has 0 N–H and O–H groups in total. The number of benzene rings is 1. The maximum Gasteiger partial charge on any atom is 0.417 e. The van der Waals surface area contributed by atoms with Gasteiger partial charge >= 0.3 is 6.18 Å². The largest absolute Gasteiger partial charge is 0.417 e. The predicted molar refractivity (Wildman–Crippen MR) is 134 cm³/mol. The normalized spacial score (nSPS) is 19.0. The topological polar surface area (TPSA) is 70.9 Å². The van der Waals surface area contributed by atoms with E-state index in [1.54, 1.807) is 31.7 Å². The average Bonchev–Trinajstić information content (AvgIpc) is 2.98. The Balaban J connectivity index is 1.59. The van der Waals surface area contributed by atoms with E-state index < -0.39 is 28.7 Å². The summed E-state index contributed by atoms with van der Waals surface area (Å²) in [4.78, 5) is 31.9. The van der Waals surface area contributed by atoms with Crippen LogP contribution in [-0.2, 0) is 15.8 Å². The number of thiocarbonyl (C=S) groups is 1. The van der Waals surface area contributed by atoms with E-state index in [0.29, 0.717) is 6.54 Å². The van der Waals surface area contributed by atoms with E-state index in [1.807, 2.05) is 4.90 Å². The molecule has 2 saturated heterocycles. The highest BCUT2D eigenvalue weighted by Gasteiger charge is 2.49. The van der Waals surface area contributed by atoms with Crippen molar-refractivity contribution in [2.24, 2.45) is 0 Å². The van der Waals surface area contributed by atoms with Crippen LogP contribution in [0.2, 0.25) is 0 Å². The molecule has 0 radical (unpaired) electrons. The third kappa shape index (κ3) is 5.98. The number of carbonyl (C=O) groups excluding carboxylic acids is 2. The number of rotatable bonds is 7. The van der Waals surface area contributed by atoms with Gasteiger partial charge in [-0.15, -0.1) is 0 Å². The fourth-order valence-electron chi connectivity index (χ4n) is 4.73. The Labute approximate surface area is 215 Å². The van der Waals surface area contributed by atoms with Gasteiger partial charge in [-0.25, -0.2) is 0 Å². The van der Waals surface area contributed by atoms with Gasteiger partial charge in [0.05, 0.1) is 22.9 Å². The van der Waals surface area contributed by atoms with Crippen LogP contribution < -0.4 is 4.90 Å². The van der Waals surface area contributed by atoms with E-state index in [2.05, 4.69) is 4.90 Å². The summed E-state index contributed by atoms with van der Waals surface area (Å²) in [6, 6.07) is 4.77. The van der Waals surface area contributed by atoms with Crippen molar-refractivity contribution in [1.82, 2.24) is 14.7 Å². The summed E-state index contributed by atoms with van der Waals surface area (Å²) in [5.74, 6) is -0.287. The second-order valence-corrected chi connectivity index (χ2v) is 10.1. The molecule has 3 rings (SSSR count). The van der Waals surface area contributed by atoms with Crippen LogP contribution in [0.1, 0.15) is 57.6 Å². The number of amides is 2. The molecule has 1 aromatic carbocycles. The van der Waals surface area contributed by atoms with Crippen LogP contribution >= 0.6 is 12.2 Å². The van der Waals surface area contributed by atoms with Gasteiger partial charge < -0.3 is 14.7 Å². The summed E-state index contributed by atoms with van der Waals surface area (Å²) in [5, 5.41) is 9.22. The minimum atomic E-state index is -4.72. The zero-order valence-corrected chi connectivity index (χ0v) is 21.7. The zero-order chi connectivity index (χ0) is 26.7. The molecule has 0 bridgehead atoms. The first-order chi connectivity index (χ1) is 16.9. The minimum Gasteiger partial charge on any atom is -0.342 e. The van der Waals surface area contributed by atoms with Gasteiger partial charge in [0.25, 0.3) is 5.91 Å². The number of alkyl halides is 3. The second-order valence-electron chi connectivity index (χ2n) is 9.74. The third-order valence-corrected chi connectivity index (χ3v) is 7.30. The lowest BCUT2D eigenvalue weighted by Crippen LogP contribution is -2.44. The highest BCUT2D eigenvalue weighted by Crippen LogP contribution is 2.38. The van der Waals surface area contributed by atoms with Crippen LogP contribution in [0.15, 0.2) is 18.2 Å². The minimum absolute atomic E-state index is 0.00710. The van der Waals surface area contributed by atoms with Crippen molar-refractivity contribution in [3.05, 3.63) is 29.3 Å². The van der Waals surface area contributed by atoms with E-state index in [4.69, 9.17) is 17.5 Å². The Kier molecular flexibility index (Phi) is 8.62. The SMILES string of the molecule is CC(=O)N1CCCN(CCCCCN2C(=S)N(c3ccc(C#N)c(C(F)(F)F)c3)C(=O)C2(C)C)CC1. The van der Waals surface area contributed by atoms with Crippen molar-refractivity contribution in [2.45, 2.75) is 58.2 Å². The van der Waals surface area contributed by atoms with Gasteiger partial charge in [-0.2, -0.15) is 18.4 Å². The fourth-order valence-corrected chi connectivity index (χ4v) is 5.24. The molecule has 0 aliphatic carbocycles. The number of halogens is 3. The second kappa shape index (κ2) is 11.1. The molecule has 0 spiro atoms. The monoisotopic (exact) mass is 523 g/mol. The van der Waals surface area contributed by atoms with Gasteiger partial charge in [0.15, 0.2) is 5.11 Å². The standard InChI is InChI=1S/C25H32F3N5O2S/c1-18(34)31-12-7-11-30(14-15-31)10-5-4-6-13-32-23(36)33(22(35)24(32,2)3)20-9-8-19(17-29)21(16-20)25(26,27)28/h8-9,16H,4-7,10-15H2,1-3H3. The van der Waals surface area contributed by atoms with E-state index in [1.165, 1.54) is 6.07 Å². The molecular formula is C25H32F3N5O2S. The molecule has 0 aromatic heterocycles. The Morgan fingerprint density at radius 3 is 2.44 bits per heavy atom. The molecular weight excluding hydrogens is 491 g/mol. The molecule has 2 aliphatic heterocycles. The molecule has 36 heavy (non-hydrogen) atoms. The lowest BCUT2D eigenvalue weighted by Gasteiger charge is -2.29. The number of unbranched alkanes of at least 4 members (excludes halogenated alkanes) is 2. The summed E-state index contributed by atoms with van der Waals surface area (Å²) in [5.41, 5.74) is -2.58. The molecule has 0 unspecified atom stereocenters. The molecule has 196 valence electrons. The third-order valence-electron chi connectivity index (χ3n) is 6.90. The molecule has 0 saturated carbocycles. The molecule has 2 aliphatic rings. The lowest BCUT2D eigenvalue weighted by atomic mass is 10.0. The maximum atomic E-state index is 13.5. The van der Waals surface area contributed by atoms with Gasteiger partial charge in [0.2, 0.25) is 5.91 Å². The number of hydrogen-bond acceptors (Lipinski definition) is 5. The molecule has 7 nitrogen and oxygen atoms in total. The molecule has 2 heterocycles. The van der Waals surface area contributed by atoms with Crippen LogP contribution in [0, 0.1) is 11.3 Å². The summed E-state index contributed by atoms with van der Waals surface area (Å²) in [6.07, 6.45) is -1.12. The first-order valence-electron chi connectivity index (χ1n) is 12.1. The number of nitrogens with zero attached hydrogens (tertiary/aromatic N) is 5. The Morgan fingerprint density at radius 1 is 1.11 bits per heavy atom. The molecule has 0 atom stereocenters. The van der Waals surface area contributed by atoms with Crippen molar-refractivity contribution < 1.29 is 22.8 Å². The van der Waals surface area contributed by atoms with Gasteiger partial charge in [-0.05, 0) is 76.6 Å². The predicted octanol–water partition coefficient (Wildman–Crippen LogP) is 4.01. The fraction of sp³-hybridized carbons (Fsp3) is 0.600. The molecule has 2 fully saturated rings. The van der Waals surface area contributed by atoms with Gasteiger partial charge in [-0.1, -0.05) is 6.42 Å². The summed E-state index contributed by atoms with van der Waals surface area (Å²) >= 11 is 5.54. The Bertz CT molecular complexity index is 1050. The number of carbonyl (C=O) groups is 2. The Morgan fingerprint density at radius 2 is 1.81 bits per heavy atom. The van der Waals surface area contributed by atoms with Gasteiger partial charge in [0.1, 0.15) is 5.54 Å². The molecule has 1 aromatic rings. The van der Waals surface area contributed by atoms with E-state index in [0.717, 1.165) is 75.4 Å². The number of nitriles is 1. The van der Waals surface area contributed by atoms with E-state index >= 15 is 0 Å². The number of hydrogen-bond donors (Lipinski definition) is 0. The van der Waals surface area contributed by atoms with Crippen molar-refractivity contribution >= 4 is 34.8 Å². The highest BCUT2D eigenvalue weighted by atomic mass is 32.1. The van der Waals surface area contributed by atoms with Crippen LogP contribution in [0.4, 0.5) is 18.9 Å². The summed E-state index contributed by atoms with van der Waals surface area (Å²) in [6.45, 7) is 9.82. The van der Waals surface area contributed by atoms with Gasteiger partial charge in [-0.3, -0.25) is 14.5 Å². The molecule has 2 amide bonds. The van der Waals surface area contributed by atoms with E-state index in [-0.39, 0.29) is 16.7 Å². The van der Waals surface area contributed by atoms with Crippen LogP contribution in [-0.4, -0.2) is 76.4 Å². The van der Waals surface area contributed by atoms with Crippen LogP contribution in [0.3, 0.4) is 0 Å². The van der Waals surface area contributed by atoms with Crippen molar-refractivity contribution in [2.75, 3.05) is 44.2 Å². The van der Waals surface area contributed by atoms with Crippen LogP contribution in [0.25, 0.3) is 0 Å². The van der Waals surface area contributed by atoms with E-state index in [9.17, 15) is 22.8 Å². The van der Waals surface area contributed by atoms with Crippen molar-refractivity contribution in [3.8, 4) is 6.07 Å². The Hall–Kier alpha value is -2.71. The van der Waals surface area contributed by atoms with Crippen LogP contribution in [0.5, 0.6) is 0 Å². The zero-order valence-electron chi connectivity index (χ0n) is 20.9. The highest BCUT2D eigenvalue weighted by molar-refractivity contribution is 7.80. The summed E-state index contributed by atoms with van der Waals surface area (Å²) in [7, 11) is 0. The first-order valence-corrected chi connectivity index (χ1v) is 12.5. The molecule has 11 heteroatoms. The van der Waals surface area contributed by atoms with Crippen molar-refractivity contribution in [1.29, 1.82) is 5.26 Å². The summed E-state index contributed by atoms with van der Waals surface area (Å²) < 4.78 is 40.4. The van der Waals surface area contributed by atoms with Gasteiger partial charge in [0, 0.05) is 33.1 Å². The average molecular weight is 524 g/mol. The first kappa shape index (κ1) is 27.9. The van der Waals surface area contributed by atoms with Crippen molar-refractivity contribution in [3.63, 3.8) is 0 Å². The maximum absolute atomic E-state index is 13.5. The number of anilines is 1.